The van der Waals surface area contributed by atoms with Gasteiger partial charge in [-0.15, -0.1) is 0 Å². The molecule has 0 saturated carbocycles. The van der Waals surface area contributed by atoms with E-state index in [0.29, 0.717) is 21.2 Å². The summed E-state index contributed by atoms with van der Waals surface area (Å²) < 4.78 is 0. The van der Waals surface area contributed by atoms with E-state index in [0.717, 1.165) is 5.56 Å². The molecule has 5 heteroatoms. The molecular weight excluding hydrogens is 333 g/mol. The Bertz CT molecular complexity index is 741. The predicted octanol–water partition coefficient (Wildman–Crippen LogP) is 4.65. The summed E-state index contributed by atoms with van der Waals surface area (Å²) in [7, 11) is 1.60. The largest absolute Gasteiger partial charge is 0.332 e. The van der Waals surface area contributed by atoms with Crippen LogP contribution in [-0.4, -0.2) is 29.7 Å². The number of benzene rings is 2. The zero-order chi connectivity index (χ0) is 17.1. The highest BCUT2D eigenvalue weighted by atomic mass is 35.5. The minimum Gasteiger partial charge on any atom is -0.332 e. The van der Waals surface area contributed by atoms with Gasteiger partial charge in [-0.25, -0.2) is 0 Å². The number of halogens is 2. The average molecular weight is 350 g/mol. The molecule has 0 aliphatic rings. The Morgan fingerprint density at radius 2 is 1.52 bits per heavy atom. The van der Waals surface area contributed by atoms with Crippen molar-refractivity contribution in [1.82, 2.24) is 4.90 Å². The van der Waals surface area contributed by atoms with Crippen molar-refractivity contribution in [3.05, 3.63) is 69.2 Å². The number of likely N-dealkylation sites (N-methyl/N-ethyl adjacent to an activating group) is 1. The first-order valence-electron chi connectivity index (χ1n) is 7.14. The van der Waals surface area contributed by atoms with Crippen LogP contribution in [0.4, 0.5) is 0 Å². The average Bonchev–Trinajstić information content (AvgIpc) is 2.55. The van der Waals surface area contributed by atoms with E-state index in [1.54, 1.807) is 38.2 Å². The van der Waals surface area contributed by atoms with Gasteiger partial charge in [-0.3, -0.25) is 9.59 Å². The number of rotatable bonds is 4. The van der Waals surface area contributed by atoms with E-state index in [9.17, 15) is 9.59 Å². The van der Waals surface area contributed by atoms with Gasteiger partial charge < -0.3 is 4.90 Å². The predicted molar refractivity (Wildman–Crippen MR) is 93.5 cm³/mol. The van der Waals surface area contributed by atoms with E-state index in [1.165, 1.54) is 11.0 Å². The Kier molecular flexibility index (Phi) is 5.45. The van der Waals surface area contributed by atoms with Crippen molar-refractivity contribution in [3.8, 4) is 0 Å². The van der Waals surface area contributed by atoms with Gasteiger partial charge in [-0.05, 0) is 32.0 Å². The molecule has 0 saturated heterocycles. The van der Waals surface area contributed by atoms with Gasteiger partial charge in [0, 0.05) is 18.2 Å². The maximum absolute atomic E-state index is 12.5. The van der Waals surface area contributed by atoms with Crippen LogP contribution < -0.4 is 0 Å². The SMILES string of the molecule is Cc1ccc(C(=O)C(C)N(C)C(=O)c2ccc(Cl)c(Cl)c2)cc1. The van der Waals surface area contributed by atoms with Gasteiger partial charge in [0.05, 0.1) is 16.1 Å². The van der Waals surface area contributed by atoms with Gasteiger partial charge in [0.1, 0.15) is 0 Å². The normalized spacial score (nSPS) is 11.9. The van der Waals surface area contributed by atoms with Crippen LogP contribution in [-0.2, 0) is 0 Å². The molecule has 23 heavy (non-hydrogen) atoms. The zero-order valence-corrected chi connectivity index (χ0v) is 14.7. The highest BCUT2D eigenvalue weighted by Gasteiger charge is 2.24. The van der Waals surface area contributed by atoms with Crippen LogP contribution in [0.2, 0.25) is 10.0 Å². The highest BCUT2D eigenvalue weighted by Crippen LogP contribution is 2.23. The minimum absolute atomic E-state index is 0.110. The van der Waals surface area contributed by atoms with E-state index in [2.05, 4.69) is 0 Å². The molecule has 3 nitrogen and oxygen atoms in total. The molecule has 0 N–H and O–H groups in total. The minimum atomic E-state index is -0.584. The molecule has 0 radical (unpaired) electrons. The van der Waals surface area contributed by atoms with Crippen LogP contribution >= 0.6 is 23.2 Å². The lowest BCUT2D eigenvalue weighted by atomic mass is 10.0. The summed E-state index contributed by atoms with van der Waals surface area (Å²) in [5.74, 6) is -0.391. The second-order valence-corrected chi connectivity index (χ2v) is 6.27. The van der Waals surface area contributed by atoms with Gasteiger partial charge in [-0.2, -0.15) is 0 Å². The molecule has 0 aliphatic carbocycles. The monoisotopic (exact) mass is 349 g/mol. The molecule has 0 aliphatic heterocycles. The second-order valence-electron chi connectivity index (χ2n) is 5.45. The molecule has 2 rings (SSSR count). The van der Waals surface area contributed by atoms with Crippen LogP contribution in [0.3, 0.4) is 0 Å². The van der Waals surface area contributed by atoms with Crippen molar-refractivity contribution in [2.24, 2.45) is 0 Å². The standard InChI is InChI=1S/C18H17Cl2NO2/c1-11-4-6-13(7-5-11)17(22)12(2)21(3)18(23)14-8-9-15(19)16(20)10-14/h4-10,12H,1-3H3. The fourth-order valence-corrected chi connectivity index (χ4v) is 2.44. The first-order chi connectivity index (χ1) is 10.8. The number of Topliss-reactive ketones (excluding diaryl/α,β-unsaturated/α-hetero) is 1. The second kappa shape index (κ2) is 7.16. The van der Waals surface area contributed by atoms with Crippen molar-refractivity contribution in [1.29, 1.82) is 0 Å². The van der Waals surface area contributed by atoms with E-state index in [1.807, 2.05) is 19.1 Å². The molecule has 1 atom stereocenters. The molecule has 2 aromatic rings. The smallest absolute Gasteiger partial charge is 0.254 e. The van der Waals surface area contributed by atoms with E-state index < -0.39 is 6.04 Å². The molecule has 0 heterocycles. The molecule has 0 bridgehead atoms. The number of carbonyl (C=O) groups is 2. The summed E-state index contributed by atoms with van der Waals surface area (Å²) in [5, 5.41) is 0.693. The number of aryl methyl sites for hydroxylation is 1. The van der Waals surface area contributed by atoms with Gasteiger partial charge in [0.2, 0.25) is 0 Å². The van der Waals surface area contributed by atoms with E-state index in [4.69, 9.17) is 23.2 Å². The van der Waals surface area contributed by atoms with Crippen LogP contribution in [0.1, 0.15) is 33.2 Å². The number of hydrogen-bond acceptors (Lipinski definition) is 2. The molecule has 1 amide bonds. The van der Waals surface area contributed by atoms with Crippen molar-refractivity contribution < 1.29 is 9.59 Å². The number of amides is 1. The summed E-state index contributed by atoms with van der Waals surface area (Å²) in [6.07, 6.45) is 0. The number of ketones is 1. The molecule has 2 aromatic carbocycles. The molecule has 0 spiro atoms. The summed E-state index contributed by atoms with van der Waals surface area (Å²) in [5.41, 5.74) is 2.05. The van der Waals surface area contributed by atoms with Crippen molar-refractivity contribution >= 4 is 34.9 Å². The Morgan fingerprint density at radius 1 is 0.957 bits per heavy atom. The maximum Gasteiger partial charge on any atom is 0.254 e. The number of hydrogen-bond donors (Lipinski definition) is 0. The third-order valence-electron chi connectivity index (χ3n) is 3.78. The quantitative estimate of drug-likeness (QED) is 0.753. The third-order valence-corrected chi connectivity index (χ3v) is 4.52. The zero-order valence-electron chi connectivity index (χ0n) is 13.1. The van der Waals surface area contributed by atoms with E-state index >= 15 is 0 Å². The molecule has 0 fully saturated rings. The maximum atomic E-state index is 12.5. The van der Waals surface area contributed by atoms with Gasteiger partial charge in [-0.1, -0.05) is 53.0 Å². The summed E-state index contributed by atoms with van der Waals surface area (Å²) in [6, 6.07) is 11.4. The van der Waals surface area contributed by atoms with Crippen molar-refractivity contribution in [3.63, 3.8) is 0 Å². The van der Waals surface area contributed by atoms with E-state index in [-0.39, 0.29) is 11.7 Å². The van der Waals surface area contributed by atoms with Crippen LogP contribution in [0.25, 0.3) is 0 Å². The summed E-state index contributed by atoms with van der Waals surface area (Å²) in [4.78, 5) is 26.4. The summed E-state index contributed by atoms with van der Waals surface area (Å²) >= 11 is 11.8. The van der Waals surface area contributed by atoms with Crippen LogP contribution in [0, 0.1) is 6.92 Å². The number of nitrogens with zero attached hydrogens (tertiary/aromatic N) is 1. The molecule has 120 valence electrons. The molecule has 0 aromatic heterocycles. The van der Waals surface area contributed by atoms with Crippen LogP contribution in [0.5, 0.6) is 0 Å². The topological polar surface area (TPSA) is 37.4 Å². The Morgan fingerprint density at radius 3 is 2.09 bits per heavy atom. The first-order valence-corrected chi connectivity index (χ1v) is 7.90. The number of carbonyl (C=O) groups excluding carboxylic acids is 2. The fourth-order valence-electron chi connectivity index (χ4n) is 2.14. The lowest BCUT2D eigenvalue weighted by molar-refractivity contribution is 0.0675. The van der Waals surface area contributed by atoms with Gasteiger partial charge >= 0.3 is 0 Å². The lowest BCUT2D eigenvalue weighted by Crippen LogP contribution is -2.40. The first kappa shape index (κ1) is 17.5. The highest BCUT2D eigenvalue weighted by molar-refractivity contribution is 6.42. The van der Waals surface area contributed by atoms with Crippen LogP contribution in [0.15, 0.2) is 42.5 Å². The molecular formula is C18H17Cl2NO2. The Hall–Kier alpha value is -1.84. The Labute approximate surface area is 145 Å². The third kappa shape index (κ3) is 3.92. The lowest BCUT2D eigenvalue weighted by Gasteiger charge is -2.24. The van der Waals surface area contributed by atoms with Crippen molar-refractivity contribution in [2.75, 3.05) is 7.05 Å². The summed E-state index contributed by atoms with van der Waals surface area (Å²) in [6.45, 7) is 3.66. The van der Waals surface area contributed by atoms with Gasteiger partial charge in [0.15, 0.2) is 5.78 Å². The fraction of sp³-hybridized carbons (Fsp3) is 0.222. The van der Waals surface area contributed by atoms with Gasteiger partial charge in [0.25, 0.3) is 5.91 Å². The molecule has 1 unspecified atom stereocenters. The van der Waals surface area contributed by atoms with Crippen molar-refractivity contribution in [2.45, 2.75) is 19.9 Å². The Balaban J connectivity index is 2.19.